The molecular weight excluding hydrogens is 846 g/mol. The largest absolute Gasteiger partial charge is 0.311 e. The highest BCUT2D eigenvalue weighted by molar-refractivity contribution is 7.00. The van der Waals surface area contributed by atoms with Gasteiger partial charge in [-0.1, -0.05) is 201 Å². The minimum atomic E-state index is -0.625. The van der Waals surface area contributed by atoms with Crippen LogP contribution in [0.2, 0.25) is 0 Å². The van der Waals surface area contributed by atoms with Crippen LogP contribution in [-0.2, 0) is 21.7 Å². The lowest BCUT2D eigenvalue weighted by Gasteiger charge is -2.52. The van der Waals surface area contributed by atoms with Crippen molar-refractivity contribution in [2.75, 3.05) is 14.7 Å². The predicted molar refractivity (Wildman–Crippen MR) is 296 cm³/mol. The maximum Gasteiger partial charge on any atom is 0.252 e. The molecule has 0 saturated carbocycles. The fourth-order valence-electron chi connectivity index (χ4n) is 13.2. The van der Waals surface area contributed by atoms with Crippen molar-refractivity contribution in [2.45, 2.75) is 77.0 Å². The summed E-state index contributed by atoms with van der Waals surface area (Å²) in [7, 11) is 0. The first-order valence-electron chi connectivity index (χ1n) is 26.1. The van der Waals surface area contributed by atoms with Crippen molar-refractivity contribution in [3.8, 4) is 11.1 Å². The van der Waals surface area contributed by atoms with Crippen molar-refractivity contribution in [3.05, 3.63) is 239 Å². The van der Waals surface area contributed by atoms with Crippen LogP contribution >= 0.6 is 0 Å². The maximum atomic E-state index is 11.2. The van der Waals surface area contributed by atoms with Gasteiger partial charge in [0, 0.05) is 39.5 Å². The highest BCUT2D eigenvalue weighted by Gasteiger charge is 2.56. The number of hydrogen-bond acceptors (Lipinski definition) is 3. The molecule has 0 bridgehead atoms. The highest BCUT2D eigenvalue weighted by atomic mass is 15.2. The van der Waals surface area contributed by atoms with Gasteiger partial charge in [-0.05, 0) is 131 Å². The molecule has 0 unspecified atom stereocenters. The van der Waals surface area contributed by atoms with Gasteiger partial charge in [-0.25, -0.2) is 0 Å². The molecule has 5 aliphatic rings. The average Bonchev–Trinajstić information content (AvgIpc) is 3.69. The maximum absolute atomic E-state index is 11.2. The van der Waals surface area contributed by atoms with Crippen molar-refractivity contribution >= 4 is 74.3 Å². The predicted octanol–water partition coefficient (Wildman–Crippen LogP) is 15.1. The molecule has 0 amide bonds. The second-order valence-corrected chi connectivity index (χ2v) is 22.7. The molecule has 4 heteroatoms. The van der Waals surface area contributed by atoms with Crippen LogP contribution in [0, 0.1) is 0 Å². The van der Waals surface area contributed by atoms with E-state index in [1.54, 1.807) is 0 Å². The lowest BCUT2D eigenvalue weighted by molar-refractivity contribution is 0.590. The molecule has 4 heterocycles. The Morgan fingerprint density at radius 2 is 0.829 bits per heavy atom. The molecular formula is C66H56BN3. The highest BCUT2D eigenvalue weighted by Crippen LogP contribution is 2.64. The lowest BCUT2D eigenvalue weighted by atomic mass is 9.32. The van der Waals surface area contributed by atoms with Gasteiger partial charge >= 0.3 is 0 Å². The molecule has 0 radical (unpaired) electrons. The van der Waals surface area contributed by atoms with E-state index in [-0.39, 0.29) is 23.0 Å². The summed E-state index contributed by atoms with van der Waals surface area (Å²) in [6.45, 7) is 17.9. The summed E-state index contributed by atoms with van der Waals surface area (Å²) < 4.78 is 22.2. The smallest absolute Gasteiger partial charge is 0.252 e. The summed E-state index contributed by atoms with van der Waals surface area (Å²) in [6, 6.07) is 68.0. The second kappa shape index (κ2) is 14.0. The molecule has 1 aliphatic carbocycles. The number of nitrogens with zero attached hydrogens (tertiary/aromatic N) is 3. The monoisotopic (exact) mass is 903 g/mol. The fraction of sp³-hybridized carbons (Fsp3) is 0.182. The van der Waals surface area contributed by atoms with E-state index in [4.69, 9.17) is 0 Å². The Bertz CT molecular complexity index is 3700. The Morgan fingerprint density at radius 3 is 1.34 bits per heavy atom. The van der Waals surface area contributed by atoms with Crippen molar-refractivity contribution in [2.24, 2.45) is 0 Å². The third-order valence-corrected chi connectivity index (χ3v) is 16.5. The van der Waals surface area contributed by atoms with Crippen LogP contribution in [0.3, 0.4) is 0 Å². The minimum Gasteiger partial charge on any atom is -0.311 e. The van der Waals surface area contributed by atoms with E-state index in [1.165, 1.54) is 66.6 Å². The van der Waals surface area contributed by atoms with Gasteiger partial charge in [0.2, 0.25) is 0 Å². The zero-order chi connectivity index (χ0) is 49.4. The average molecular weight is 904 g/mol. The third-order valence-electron chi connectivity index (χ3n) is 16.5. The summed E-state index contributed by atoms with van der Waals surface area (Å²) in [4.78, 5) is 7.08. The molecule has 0 N–H and O–H groups in total. The van der Waals surface area contributed by atoms with Gasteiger partial charge in [0.05, 0.1) is 25.2 Å². The van der Waals surface area contributed by atoms with Gasteiger partial charge in [-0.3, -0.25) is 0 Å². The lowest BCUT2D eigenvalue weighted by Crippen LogP contribution is -2.63. The normalized spacial score (nSPS) is 16.0. The van der Waals surface area contributed by atoms with E-state index >= 15 is 0 Å². The second-order valence-electron chi connectivity index (χ2n) is 22.7. The van der Waals surface area contributed by atoms with Crippen LogP contribution in [0.1, 0.15) is 103 Å². The molecule has 4 aliphatic heterocycles. The van der Waals surface area contributed by atoms with E-state index in [9.17, 15) is 2.74 Å². The Labute approximate surface area is 416 Å². The molecule has 1 spiro atoms. The van der Waals surface area contributed by atoms with E-state index < -0.39 is 5.41 Å². The Kier molecular flexibility index (Phi) is 7.88. The number of para-hydroxylation sites is 4. The SMILES string of the molecule is [2H]c1c(N(c2ccc(C(C)(C)C)cc2)c2ccc(C(C)(C)C)cc2)c([2H])c2c3c1N1c4ccccc4C(C)(C)c4cccc(c41)B3c1cccc3c1N2c1ccccc1C31c2ccccc2-c2ccccc21. The molecule has 0 saturated heterocycles. The Hall–Kier alpha value is -7.56. The van der Waals surface area contributed by atoms with Crippen molar-refractivity contribution in [1.29, 1.82) is 0 Å². The number of benzene rings is 9. The Morgan fingerprint density at radius 1 is 0.414 bits per heavy atom. The summed E-state index contributed by atoms with van der Waals surface area (Å²) in [6.07, 6.45) is 0. The summed E-state index contributed by atoms with van der Waals surface area (Å²) >= 11 is 0. The number of hydrogen-bond donors (Lipinski definition) is 0. The van der Waals surface area contributed by atoms with Gasteiger partial charge in [0.15, 0.2) is 0 Å². The zero-order valence-corrected chi connectivity index (χ0v) is 41.2. The third kappa shape index (κ3) is 5.32. The molecule has 70 heavy (non-hydrogen) atoms. The van der Waals surface area contributed by atoms with Gasteiger partial charge < -0.3 is 14.7 Å². The van der Waals surface area contributed by atoms with E-state index in [1.807, 2.05) is 0 Å². The number of fused-ring (bicyclic) bond motifs is 15. The molecule has 338 valence electrons. The van der Waals surface area contributed by atoms with Gasteiger partial charge in [-0.2, -0.15) is 0 Å². The molecule has 0 fully saturated rings. The van der Waals surface area contributed by atoms with Gasteiger partial charge in [0.1, 0.15) is 0 Å². The zero-order valence-electron chi connectivity index (χ0n) is 43.2. The van der Waals surface area contributed by atoms with Crippen molar-refractivity contribution < 1.29 is 2.74 Å². The molecule has 0 aromatic heterocycles. The molecule has 14 rings (SSSR count). The van der Waals surface area contributed by atoms with Crippen LogP contribution in [0.25, 0.3) is 11.1 Å². The topological polar surface area (TPSA) is 9.72 Å². The van der Waals surface area contributed by atoms with E-state index in [2.05, 4.69) is 252 Å². The molecule has 3 nitrogen and oxygen atoms in total. The van der Waals surface area contributed by atoms with E-state index in [0.29, 0.717) is 17.8 Å². The molecule has 0 atom stereocenters. The summed E-state index contributed by atoms with van der Waals surface area (Å²) in [5.74, 6) is 0. The number of anilines is 9. The van der Waals surface area contributed by atoms with Crippen LogP contribution in [0.4, 0.5) is 51.2 Å². The standard InChI is InChI=1S/C66H56BN3/c1-63(2,3)41-31-35-43(36-32-41)68(44-37-33-42(34-38-44)64(4,5)6)45-39-58-60-59(40-45)70-57-30-16-14-24-51(57)66(48-21-11-9-19-46(48)47-20-10-12-22-49(47)66)53-26-18-28-55(62(53)70)67(60)54-27-17-25-52-61(54)69(58)56-29-15-13-23-50(56)65(52,7)8/h9-40H,1-8H3/i39D,40D. The minimum absolute atomic E-state index is 0.0606. The van der Waals surface area contributed by atoms with Crippen LogP contribution in [-0.4, -0.2) is 6.71 Å². The number of rotatable bonds is 3. The van der Waals surface area contributed by atoms with Gasteiger partial charge in [0.25, 0.3) is 6.71 Å². The first kappa shape index (κ1) is 39.3. The van der Waals surface area contributed by atoms with Crippen LogP contribution in [0.15, 0.2) is 194 Å². The van der Waals surface area contributed by atoms with Crippen LogP contribution < -0.4 is 31.1 Å². The van der Waals surface area contributed by atoms with Crippen molar-refractivity contribution in [1.82, 2.24) is 0 Å². The molecule has 9 aromatic carbocycles. The Balaban J connectivity index is 1.15. The van der Waals surface area contributed by atoms with Crippen molar-refractivity contribution in [3.63, 3.8) is 0 Å². The first-order valence-corrected chi connectivity index (χ1v) is 25.1. The first-order chi connectivity index (χ1) is 34.6. The summed E-state index contributed by atoms with van der Waals surface area (Å²) in [5, 5.41) is 0. The fourth-order valence-corrected chi connectivity index (χ4v) is 13.2. The quantitative estimate of drug-likeness (QED) is 0.164. The summed E-state index contributed by atoms with van der Waals surface area (Å²) in [5.41, 5.74) is 23.1. The van der Waals surface area contributed by atoms with Crippen LogP contribution in [0.5, 0.6) is 0 Å². The molecule has 9 aromatic rings. The van der Waals surface area contributed by atoms with Gasteiger partial charge in [-0.15, -0.1) is 0 Å². The van der Waals surface area contributed by atoms with E-state index in [0.717, 1.165) is 51.0 Å².